The third kappa shape index (κ3) is 3.42. The number of aryl methyl sites for hydroxylation is 1. The fourth-order valence-corrected chi connectivity index (χ4v) is 2.67. The Labute approximate surface area is 129 Å². The van der Waals surface area contributed by atoms with Crippen molar-refractivity contribution in [3.8, 4) is 5.75 Å². The Bertz CT molecular complexity index is 501. The van der Waals surface area contributed by atoms with E-state index >= 15 is 0 Å². The highest BCUT2D eigenvalue weighted by Crippen LogP contribution is 2.27. The molecule has 1 fully saturated rings. The minimum Gasteiger partial charge on any atom is -0.462 e. The maximum Gasteiger partial charge on any atom is 0.229 e. The molecule has 1 heterocycles. The summed E-state index contributed by atoms with van der Waals surface area (Å²) in [6, 6.07) is 5.54. The molecule has 1 saturated heterocycles. The number of benzene rings is 1. The number of aliphatic hydroxyl groups excluding tert-OH is 4. The molecule has 2 rings (SSSR count). The Balaban J connectivity index is 2.14. The third-order valence-electron chi connectivity index (χ3n) is 3.96. The predicted octanol–water partition coefficient (Wildman–Crippen LogP) is 0.297. The lowest BCUT2D eigenvalue weighted by molar-refractivity contribution is -0.277. The van der Waals surface area contributed by atoms with Crippen LogP contribution in [0.3, 0.4) is 0 Å². The predicted molar refractivity (Wildman–Crippen MR) is 79.7 cm³/mol. The highest BCUT2D eigenvalue weighted by molar-refractivity contribution is 5.36. The van der Waals surface area contributed by atoms with Crippen LogP contribution in [0.15, 0.2) is 18.2 Å². The smallest absolute Gasteiger partial charge is 0.229 e. The van der Waals surface area contributed by atoms with E-state index in [2.05, 4.69) is 13.8 Å². The van der Waals surface area contributed by atoms with Crippen LogP contribution in [0.4, 0.5) is 0 Å². The zero-order chi connectivity index (χ0) is 16.4. The molecular weight excluding hydrogens is 288 g/mol. The molecule has 6 heteroatoms. The lowest BCUT2D eigenvalue weighted by atomic mass is 9.98. The molecule has 0 aliphatic carbocycles. The van der Waals surface area contributed by atoms with Crippen LogP contribution in [0, 0.1) is 6.92 Å². The Hall–Kier alpha value is -1.18. The molecule has 0 saturated carbocycles. The summed E-state index contributed by atoms with van der Waals surface area (Å²) in [6.45, 7) is 5.69. The number of ether oxygens (including phenoxy) is 2. The van der Waals surface area contributed by atoms with E-state index in [1.54, 1.807) is 6.07 Å². The maximum absolute atomic E-state index is 9.95. The van der Waals surface area contributed by atoms with E-state index in [1.165, 1.54) is 5.56 Å². The average Bonchev–Trinajstić information content (AvgIpc) is 2.47. The molecule has 1 aromatic carbocycles. The molecular formula is C16H24O6. The van der Waals surface area contributed by atoms with Gasteiger partial charge in [0.05, 0.1) is 6.61 Å². The molecule has 0 amide bonds. The Morgan fingerprint density at radius 3 is 2.36 bits per heavy atom. The molecule has 6 nitrogen and oxygen atoms in total. The highest BCUT2D eigenvalue weighted by Gasteiger charge is 2.44. The van der Waals surface area contributed by atoms with Crippen molar-refractivity contribution >= 4 is 0 Å². The van der Waals surface area contributed by atoms with Crippen LogP contribution in [0.1, 0.15) is 30.9 Å². The minimum absolute atomic E-state index is 0.390. The lowest BCUT2D eigenvalue weighted by Crippen LogP contribution is -2.60. The Morgan fingerprint density at radius 2 is 1.82 bits per heavy atom. The molecule has 0 aromatic heterocycles. The highest BCUT2D eigenvalue weighted by atomic mass is 16.7. The van der Waals surface area contributed by atoms with Gasteiger partial charge in [-0.3, -0.25) is 0 Å². The summed E-state index contributed by atoms with van der Waals surface area (Å²) in [7, 11) is 0. The van der Waals surface area contributed by atoms with Crippen LogP contribution in [0.2, 0.25) is 0 Å². The number of aliphatic hydroxyl groups is 4. The molecule has 0 bridgehead atoms. The maximum atomic E-state index is 9.95. The van der Waals surface area contributed by atoms with Crippen molar-refractivity contribution in [2.45, 2.75) is 57.4 Å². The molecule has 124 valence electrons. The lowest BCUT2D eigenvalue weighted by Gasteiger charge is -2.39. The van der Waals surface area contributed by atoms with Gasteiger partial charge in [-0.25, -0.2) is 0 Å². The van der Waals surface area contributed by atoms with Gasteiger partial charge in [-0.1, -0.05) is 19.9 Å². The molecule has 1 aromatic rings. The largest absolute Gasteiger partial charge is 0.462 e. The second kappa shape index (κ2) is 6.93. The quantitative estimate of drug-likeness (QED) is 0.638. The number of hydrogen-bond acceptors (Lipinski definition) is 6. The van der Waals surface area contributed by atoms with Crippen LogP contribution >= 0.6 is 0 Å². The summed E-state index contributed by atoms with van der Waals surface area (Å²) in [5.74, 6) is 0.882. The second-order valence-electron chi connectivity index (χ2n) is 5.99. The van der Waals surface area contributed by atoms with Gasteiger partial charge in [0, 0.05) is 0 Å². The molecule has 0 spiro atoms. The zero-order valence-electron chi connectivity index (χ0n) is 13.0. The standard InChI is InChI=1S/C16H24O6/c1-8(2)11-5-4-10(6-9(11)3)21-16-15(20)14(19)13(18)12(7-17)22-16/h4-6,8,12-20H,7H2,1-3H3/t12-,13-,14+,15-,16+/m1/s1. The molecule has 0 unspecified atom stereocenters. The summed E-state index contributed by atoms with van der Waals surface area (Å²) < 4.78 is 10.9. The molecule has 22 heavy (non-hydrogen) atoms. The fraction of sp³-hybridized carbons (Fsp3) is 0.625. The summed E-state index contributed by atoms with van der Waals surface area (Å²) in [6.07, 6.45) is -6.35. The van der Waals surface area contributed by atoms with E-state index in [9.17, 15) is 15.3 Å². The second-order valence-corrected chi connectivity index (χ2v) is 5.99. The van der Waals surface area contributed by atoms with E-state index in [0.717, 1.165) is 5.56 Å². The number of hydrogen-bond donors (Lipinski definition) is 4. The first-order valence-corrected chi connectivity index (χ1v) is 7.43. The first-order valence-electron chi connectivity index (χ1n) is 7.43. The topological polar surface area (TPSA) is 99.4 Å². The third-order valence-corrected chi connectivity index (χ3v) is 3.96. The van der Waals surface area contributed by atoms with Crippen LogP contribution in [0.5, 0.6) is 5.75 Å². The van der Waals surface area contributed by atoms with E-state index in [1.807, 2.05) is 19.1 Å². The van der Waals surface area contributed by atoms with Gasteiger partial charge >= 0.3 is 0 Å². The molecule has 1 aliphatic rings. The van der Waals surface area contributed by atoms with Crippen molar-refractivity contribution < 1.29 is 29.9 Å². The summed E-state index contributed by atoms with van der Waals surface area (Å²) in [4.78, 5) is 0. The van der Waals surface area contributed by atoms with Gasteiger partial charge in [-0.2, -0.15) is 0 Å². The normalized spacial score (nSPS) is 32.3. The first kappa shape index (κ1) is 17.2. The van der Waals surface area contributed by atoms with Crippen molar-refractivity contribution in [2.24, 2.45) is 0 Å². The summed E-state index contributed by atoms with van der Waals surface area (Å²) >= 11 is 0. The van der Waals surface area contributed by atoms with Gasteiger partial charge in [-0.15, -0.1) is 0 Å². The van der Waals surface area contributed by atoms with Gasteiger partial charge in [0.15, 0.2) is 0 Å². The Morgan fingerprint density at radius 1 is 1.14 bits per heavy atom. The van der Waals surface area contributed by atoms with E-state index < -0.39 is 37.3 Å². The van der Waals surface area contributed by atoms with E-state index in [4.69, 9.17) is 14.6 Å². The van der Waals surface area contributed by atoms with Gasteiger partial charge < -0.3 is 29.9 Å². The Kier molecular flexibility index (Phi) is 5.41. The average molecular weight is 312 g/mol. The van der Waals surface area contributed by atoms with Gasteiger partial charge in [0.25, 0.3) is 0 Å². The van der Waals surface area contributed by atoms with Crippen LogP contribution in [-0.2, 0) is 4.74 Å². The summed E-state index contributed by atoms with van der Waals surface area (Å²) in [5, 5.41) is 38.6. The molecule has 5 atom stereocenters. The van der Waals surface area contributed by atoms with Crippen molar-refractivity contribution in [1.82, 2.24) is 0 Å². The fourth-order valence-electron chi connectivity index (χ4n) is 2.67. The first-order chi connectivity index (χ1) is 10.3. The van der Waals surface area contributed by atoms with Gasteiger partial charge in [-0.05, 0) is 36.1 Å². The van der Waals surface area contributed by atoms with E-state index in [0.29, 0.717) is 11.7 Å². The molecule has 4 N–H and O–H groups in total. The molecule has 0 radical (unpaired) electrons. The van der Waals surface area contributed by atoms with E-state index in [-0.39, 0.29) is 0 Å². The van der Waals surface area contributed by atoms with Crippen molar-refractivity contribution in [3.05, 3.63) is 29.3 Å². The SMILES string of the molecule is Cc1cc(O[C@H]2O[C@H](CO)[C@@H](O)[C@H](O)[C@H]2O)ccc1C(C)C. The van der Waals surface area contributed by atoms with Crippen LogP contribution in [0.25, 0.3) is 0 Å². The van der Waals surface area contributed by atoms with Crippen molar-refractivity contribution in [2.75, 3.05) is 6.61 Å². The number of rotatable bonds is 4. The van der Waals surface area contributed by atoms with Crippen LogP contribution in [-0.4, -0.2) is 57.7 Å². The summed E-state index contributed by atoms with van der Waals surface area (Å²) in [5.41, 5.74) is 2.25. The van der Waals surface area contributed by atoms with Crippen molar-refractivity contribution in [1.29, 1.82) is 0 Å². The monoisotopic (exact) mass is 312 g/mol. The van der Waals surface area contributed by atoms with Gasteiger partial charge in [0.1, 0.15) is 30.2 Å². The van der Waals surface area contributed by atoms with Crippen LogP contribution < -0.4 is 4.74 Å². The van der Waals surface area contributed by atoms with Gasteiger partial charge in [0.2, 0.25) is 6.29 Å². The zero-order valence-corrected chi connectivity index (χ0v) is 13.0. The van der Waals surface area contributed by atoms with Crippen molar-refractivity contribution in [3.63, 3.8) is 0 Å². The minimum atomic E-state index is -1.44. The molecule has 1 aliphatic heterocycles.